The van der Waals surface area contributed by atoms with Gasteiger partial charge in [-0.3, -0.25) is 0 Å². The fraction of sp³-hybridized carbons (Fsp3) is 0.524. The zero-order chi connectivity index (χ0) is 21.4. The molecule has 0 bridgehead atoms. The number of sulfonamides is 1. The molecule has 9 heteroatoms. The number of aromatic nitrogens is 2. The predicted molar refractivity (Wildman–Crippen MR) is 120 cm³/mol. The van der Waals surface area contributed by atoms with Crippen molar-refractivity contribution in [1.82, 2.24) is 24.7 Å². The highest BCUT2D eigenvalue weighted by Crippen LogP contribution is 2.15. The van der Waals surface area contributed by atoms with Gasteiger partial charge in [0.15, 0.2) is 5.96 Å². The maximum atomic E-state index is 12.3. The number of hydrogen-bond donors (Lipinski definition) is 2. The van der Waals surface area contributed by atoms with E-state index in [0.717, 1.165) is 36.6 Å². The Balaban J connectivity index is 1.59. The van der Waals surface area contributed by atoms with E-state index in [2.05, 4.69) is 27.9 Å². The van der Waals surface area contributed by atoms with E-state index >= 15 is 0 Å². The minimum Gasteiger partial charge on any atom is -0.357 e. The van der Waals surface area contributed by atoms with Gasteiger partial charge in [-0.2, -0.15) is 5.10 Å². The highest BCUT2D eigenvalue weighted by molar-refractivity contribution is 7.89. The first-order valence-electron chi connectivity index (χ1n) is 10.6. The van der Waals surface area contributed by atoms with Gasteiger partial charge in [-0.25, -0.2) is 22.4 Å². The van der Waals surface area contributed by atoms with Gasteiger partial charge >= 0.3 is 0 Å². The van der Waals surface area contributed by atoms with E-state index in [0.29, 0.717) is 26.1 Å². The molecule has 0 radical (unpaired) electrons. The molecule has 0 aliphatic carbocycles. The van der Waals surface area contributed by atoms with E-state index in [4.69, 9.17) is 4.99 Å². The topological polar surface area (TPSA) is 91.6 Å². The van der Waals surface area contributed by atoms with Crippen molar-refractivity contribution in [3.8, 4) is 5.69 Å². The Morgan fingerprint density at radius 1 is 1.23 bits per heavy atom. The Morgan fingerprint density at radius 3 is 2.70 bits per heavy atom. The third kappa shape index (κ3) is 6.06. The summed E-state index contributed by atoms with van der Waals surface area (Å²) in [5, 5.41) is 11.0. The molecule has 1 saturated heterocycles. The largest absolute Gasteiger partial charge is 0.357 e. The molecule has 1 aliphatic rings. The summed E-state index contributed by atoms with van der Waals surface area (Å²) in [6.45, 7) is 6.37. The van der Waals surface area contributed by atoms with E-state index in [1.165, 1.54) is 0 Å². The molecule has 164 valence electrons. The Labute approximate surface area is 179 Å². The summed E-state index contributed by atoms with van der Waals surface area (Å²) >= 11 is 0. The lowest BCUT2D eigenvalue weighted by Crippen LogP contribution is -2.50. The Hall–Kier alpha value is -2.39. The Bertz CT molecular complexity index is 919. The van der Waals surface area contributed by atoms with E-state index in [-0.39, 0.29) is 11.8 Å². The fourth-order valence-electron chi connectivity index (χ4n) is 3.57. The molecule has 0 amide bonds. The highest BCUT2D eigenvalue weighted by Gasteiger charge is 2.27. The standard InChI is InChI=1S/C21H32N6O2S/c1-3-15-30(28,29)26-13-9-19(10-14-26)25-21(22-4-2)23-17-18-7-5-8-20(16-18)27-12-6-11-24-27/h5-8,11-12,16,19H,3-4,9-10,13-15,17H2,1-2H3,(H2,22,23,25). The number of benzene rings is 1. The van der Waals surface area contributed by atoms with Crippen molar-refractivity contribution in [3.63, 3.8) is 0 Å². The van der Waals surface area contributed by atoms with Crippen LogP contribution in [0.1, 0.15) is 38.7 Å². The molecule has 2 N–H and O–H groups in total. The first-order valence-corrected chi connectivity index (χ1v) is 12.2. The Morgan fingerprint density at radius 2 is 2.03 bits per heavy atom. The lowest BCUT2D eigenvalue weighted by molar-refractivity contribution is 0.306. The molecule has 2 aromatic rings. The first-order chi connectivity index (χ1) is 14.5. The van der Waals surface area contributed by atoms with Gasteiger partial charge in [0.1, 0.15) is 0 Å². The molecule has 30 heavy (non-hydrogen) atoms. The highest BCUT2D eigenvalue weighted by atomic mass is 32.2. The maximum absolute atomic E-state index is 12.3. The van der Waals surface area contributed by atoms with Gasteiger partial charge in [0, 0.05) is 38.1 Å². The molecule has 8 nitrogen and oxygen atoms in total. The monoisotopic (exact) mass is 432 g/mol. The van der Waals surface area contributed by atoms with Crippen LogP contribution in [-0.2, 0) is 16.6 Å². The van der Waals surface area contributed by atoms with Crippen LogP contribution in [0.5, 0.6) is 0 Å². The predicted octanol–water partition coefficient (Wildman–Crippen LogP) is 2.13. The van der Waals surface area contributed by atoms with Gasteiger partial charge in [0.05, 0.1) is 18.0 Å². The summed E-state index contributed by atoms with van der Waals surface area (Å²) in [6.07, 6.45) is 5.89. The summed E-state index contributed by atoms with van der Waals surface area (Å²) in [7, 11) is -3.11. The van der Waals surface area contributed by atoms with Gasteiger partial charge in [0.2, 0.25) is 10.0 Å². The third-order valence-electron chi connectivity index (χ3n) is 5.09. The smallest absolute Gasteiger partial charge is 0.214 e. The molecule has 1 aliphatic heterocycles. The number of piperidine rings is 1. The third-order valence-corrected chi connectivity index (χ3v) is 7.17. The number of nitrogens with one attached hydrogen (secondary N) is 2. The van der Waals surface area contributed by atoms with Crippen LogP contribution in [0.3, 0.4) is 0 Å². The molecule has 0 spiro atoms. The van der Waals surface area contributed by atoms with Gasteiger partial charge in [0.25, 0.3) is 0 Å². The minimum absolute atomic E-state index is 0.214. The van der Waals surface area contributed by atoms with Gasteiger partial charge in [-0.15, -0.1) is 0 Å². The van der Waals surface area contributed by atoms with Crippen LogP contribution < -0.4 is 10.6 Å². The number of aliphatic imine (C=N–C) groups is 1. The van der Waals surface area contributed by atoms with E-state index in [9.17, 15) is 8.42 Å². The summed E-state index contributed by atoms with van der Waals surface area (Å²) in [5.74, 6) is 0.990. The van der Waals surface area contributed by atoms with Gasteiger partial charge in [-0.05, 0) is 49.9 Å². The fourth-order valence-corrected chi connectivity index (χ4v) is 5.11. The van der Waals surface area contributed by atoms with Crippen molar-refractivity contribution in [1.29, 1.82) is 0 Å². The van der Waals surface area contributed by atoms with Gasteiger partial charge < -0.3 is 10.6 Å². The summed E-state index contributed by atoms with van der Waals surface area (Å²) in [6, 6.07) is 10.3. The second-order valence-electron chi connectivity index (χ2n) is 7.45. The average Bonchev–Trinajstić information content (AvgIpc) is 3.28. The van der Waals surface area contributed by atoms with Crippen LogP contribution in [0.15, 0.2) is 47.7 Å². The number of nitrogens with zero attached hydrogens (tertiary/aromatic N) is 4. The maximum Gasteiger partial charge on any atom is 0.214 e. The number of rotatable bonds is 8. The Kier molecular flexibility index (Phi) is 7.87. The minimum atomic E-state index is -3.11. The number of guanidine groups is 1. The van der Waals surface area contributed by atoms with Crippen molar-refractivity contribution in [2.24, 2.45) is 4.99 Å². The van der Waals surface area contributed by atoms with Crippen LogP contribution >= 0.6 is 0 Å². The lowest BCUT2D eigenvalue weighted by Gasteiger charge is -2.32. The zero-order valence-electron chi connectivity index (χ0n) is 17.8. The summed E-state index contributed by atoms with van der Waals surface area (Å²) in [4.78, 5) is 4.73. The van der Waals surface area contributed by atoms with Crippen LogP contribution in [0, 0.1) is 0 Å². The van der Waals surface area contributed by atoms with Crippen molar-refractivity contribution >= 4 is 16.0 Å². The summed E-state index contributed by atoms with van der Waals surface area (Å²) < 4.78 is 28.0. The van der Waals surface area contributed by atoms with Crippen LogP contribution in [0.25, 0.3) is 5.69 Å². The molecule has 2 heterocycles. The normalized spacial score (nSPS) is 16.5. The molecule has 0 saturated carbocycles. The van der Waals surface area contributed by atoms with E-state index in [1.807, 2.05) is 42.9 Å². The first kappa shape index (κ1) is 22.3. The molecular formula is C21H32N6O2S. The molecule has 0 atom stereocenters. The number of hydrogen-bond acceptors (Lipinski definition) is 4. The van der Waals surface area contributed by atoms with E-state index < -0.39 is 10.0 Å². The van der Waals surface area contributed by atoms with E-state index in [1.54, 1.807) is 10.5 Å². The van der Waals surface area contributed by atoms with Crippen molar-refractivity contribution in [2.75, 3.05) is 25.4 Å². The van der Waals surface area contributed by atoms with Crippen LogP contribution in [0.4, 0.5) is 0 Å². The van der Waals surface area contributed by atoms with Crippen LogP contribution in [0.2, 0.25) is 0 Å². The van der Waals surface area contributed by atoms with Crippen molar-refractivity contribution in [3.05, 3.63) is 48.3 Å². The summed E-state index contributed by atoms with van der Waals surface area (Å²) in [5.41, 5.74) is 2.10. The molecule has 1 fully saturated rings. The zero-order valence-corrected chi connectivity index (χ0v) is 18.6. The molecule has 1 aromatic carbocycles. The molecule has 3 rings (SSSR count). The lowest BCUT2D eigenvalue weighted by atomic mass is 10.1. The van der Waals surface area contributed by atoms with Crippen molar-refractivity contribution in [2.45, 2.75) is 45.7 Å². The SMILES string of the molecule is CCCS(=O)(=O)N1CCC(NC(=NCc2cccc(-n3cccn3)c2)NCC)CC1. The van der Waals surface area contributed by atoms with Crippen LogP contribution in [-0.4, -0.2) is 59.9 Å². The van der Waals surface area contributed by atoms with Crippen molar-refractivity contribution < 1.29 is 8.42 Å². The molecule has 1 aromatic heterocycles. The molecular weight excluding hydrogens is 400 g/mol. The average molecular weight is 433 g/mol. The second-order valence-corrected chi connectivity index (χ2v) is 9.54. The quantitative estimate of drug-likeness (QED) is 0.493. The molecule has 0 unspecified atom stereocenters. The second kappa shape index (κ2) is 10.6. The van der Waals surface area contributed by atoms with Gasteiger partial charge in [-0.1, -0.05) is 19.1 Å².